The van der Waals surface area contributed by atoms with Crippen molar-refractivity contribution in [2.45, 2.75) is 51.0 Å². The molecule has 0 radical (unpaired) electrons. The number of ether oxygens (including phenoxy) is 1. The summed E-state index contributed by atoms with van der Waals surface area (Å²) in [6.45, 7) is 1.90. The van der Waals surface area contributed by atoms with Crippen molar-refractivity contribution in [1.29, 1.82) is 0 Å². The Labute approximate surface area is 112 Å². The largest absolute Gasteiger partial charge is 0.464 e. The summed E-state index contributed by atoms with van der Waals surface area (Å²) in [6.07, 6.45) is 6.69. The first-order chi connectivity index (χ1) is 8.57. The number of nitrogens with zero attached hydrogens (tertiary/aromatic N) is 1. The lowest BCUT2D eigenvalue weighted by atomic mass is 9.92. The summed E-state index contributed by atoms with van der Waals surface area (Å²) < 4.78 is 4.74. The molecule has 0 aromatic carbocycles. The van der Waals surface area contributed by atoms with Crippen molar-refractivity contribution in [3.05, 3.63) is 15.6 Å². The lowest BCUT2D eigenvalue weighted by Crippen LogP contribution is -2.36. The third kappa shape index (κ3) is 2.57. The van der Waals surface area contributed by atoms with E-state index in [1.54, 1.807) is 0 Å². The molecule has 0 spiro atoms. The van der Waals surface area contributed by atoms with Gasteiger partial charge < -0.3 is 10.5 Å². The van der Waals surface area contributed by atoms with E-state index in [2.05, 4.69) is 4.98 Å². The number of methoxy groups -OCH3 is 1. The fourth-order valence-corrected chi connectivity index (χ4v) is 3.53. The van der Waals surface area contributed by atoms with E-state index in [0.717, 1.165) is 35.6 Å². The van der Waals surface area contributed by atoms with Crippen LogP contribution in [-0.4, -0.2) is 18.1 Å². The highest BCUT2D eigenvalue weighted by Gasteiger charge is 2.33. The number of esters is 1. The molecule has 1 saturated carbocycles. The SMILES string of the molecule is COC(=O)c1nc(C2(N)CCCCCC2)sc1C. The van der Waals surface area contributed by atoms with E-state index in [4.69, 9.17) is 10.5 Å². The lowest BCUT2D eigenvalue weighted by Gasteiger charge is -2.25. The molecule has 1 fully saturated rings. The number of aromatic nitrogens is 1. The van der Waals surface area contributed by atoms with Gasteiger partial charge in [-0.25, -0.2) is 9.78 Å². The summed E-state index contributed by atoms with van der Waals surface area (Å²) in [4.78, 5) is 16.9. The van der Waals surface area contributed by atoms with Gasteiger partial charge in [-0.2, -0.15) is 0 Å². The van der Waals surface area contributed by atoms with Gasteiger partial charge in [0, 0.05) is 4.88 Å². The molecule has 2 N–H and O–H groups in total. The molecule has 1 heterocycles. The van der Waals surface area contributed by atoms with Gasteiger partial charge in [0.2, 0.25) is 0 Å². The number of rotatable bonds is 2. The van der Waals surface area contributed by atoms with Gasteiger partial charge in [0.15, 0.2) is 5.69 Å². The van der Waals surface area contributed by atoms with Crippen LogP contribution in [0.2, 0.25) is 0 Å². The first-order valence-corrected chi connectivity index (χ1v) is 7.23. The number of hydrogen-bond donors (Lipinski definition) is 1. The Balaban J connectivity index is 2.29. The lowest BCUT2D eigenvalue weighted by molar-refractivity contribution is 0.0593. The fourth-order valence-electron chi connectivity index (χ4n) is 2.47. The molecule has 1 aromatic heterocycles. The smallest absolute Gasteiger partial charge is 0.357 e. The van der Waals surface area contributed by atoms with Crippen molar-refractivity contribution < 1.29 is 9.53 Å². The molecular weight excluding hydrogens is 248 g/mol. The zero-order chi connectivity index (χ0) is 13.2. The van der Waals surface area contributed by atoms with Crippen LogP contribution in [0.4, 0.5) is 0 Å². The van der Waals surface area contributed by atoms with E-state index < -0.39 is 0 Å². The van der Waals surface area contributed by atoms with Gasteiger partial charge in [0.25, 0.3) is 0 Å². The standard InChI is InChI=1S/C13H20N2O2S/c1-9-10(11(16)17-2)15-12(18-9)13(14)7-5-3-4-6-8-13/h3-8,14H2,1-2H3. The van der Waals surface area contributed by atoms with Crippen LogP contribution in [0, 0.1) is 6.92 Å². The van der Waals surface area contributed by atoms with Gasteiger partial charge >= 0.3 is 5.97 Å². The number of hydrogen-bond acceptors (Lipinski definition) is 5. The second-order valence-corrected chi connectivity index (χ2v) is 6.19. The summed E-state index contributed by atoms with van der Waals surface area (Å²) in [5, 5.41) is 0.891. The van der Waals surface area contributed by atoms with Crippen LogP contribution >= 0.6 is 11.3 Å². The molecule has 0 bridgehead atoms. The predicted molar refractivity (Wildman–Crippen MR) is 71.8 cm³/mol. The molecular formula is C13H20N2O2S. The Hall–Kier alpha value is -0.940. The van der Waals surface area contributed by atoms with Gasteiger partial charge in [-0.1, -0.05) is 25.7 Å². The van der Waals surface area contributed by atoms with Crippen molar-refractivity contribution in [3.8, 4) is 0 Å². The molecule has 0 unspecified atom stereocenters. The second kappa shape index (κ2) is 5.36. The molecule has 100 valence electrons. The molecule has 0 saturated heterocycles. The molecule has 18 heavy (non-hydrogen) atoms. The van der Waals surface area contributed by atoms with Crippen LogP contribution in [0.1, 0.15) is 58.9 Å². The minimum Gasteiger partial charge on any atom is -0.464 e. The quantitative estimate of drug-likeness (QED) is 0.661. The molecule has 1 aliphatic rings. The molecule has 4 nitrogen and oxygen atoms in total. The van der Waals surface area contributed by atoms with Crippen molar-refractivity contribution in [3.63, 3.8) is 0 Å². The maximum absolute atomic E-state index is 11.6. The van der Waals surface area contributed by atoms with Crippen molar-refractivity contribution in [2.24, 2.45) is 5.73 Å². The summed E-state index contributed by atoms with van der Waals surface area (Å²) in [6, 6.07) is 0. The van der Waals surface area contributed by atoms with Crippen LogP contribution in [0.25, 0.3) is 0 Å². The van der Waals surface area contributed by atoms with E-state index in [1.165, 1.54) is 31.3 Å². The van der Waals surface area contributed by atoms with E-state index in [1.807, 2.05) is 6.92 Å². The highest BCUT2D eigenvalue weighted by atomic mass is 32.1. The normalized spacial score (nSPS) is 19.3. The highest BCUT2D eigenvalue weighted by molar-refractivity contribution is 7.12. The summed E-state index contributed by atoms with van der Waals surface area (Å²) >= 11 is 1.54. The van der Waals surface area contributed by atoms with Gasteiger partial charge in [-0.3, -0.25) is 0 Å². The Morgan fingerprint density at radius 1 is 1.33 bits per heavy atom. The summed E-state index contributed by atoms with van der Waals surface area (Å²) in [7, 11) is 1.38. The minimum absolute atomic E-state index is 0.349. The topological polar surface area (TPSA) is 65.2 Å². The minimum atomic E-state index is -0.368. The van der Waals surface area contributed by atoms with Crippen LogP contribution in [0.3, 0.4) is 0 Å². The van der Waals surface area contributed by atoms with Crippen LogP contribution in [0.5, 0.6) is 0 Å². The number of nitrogens with two attached hydrogens (primary N) is 1. The number of thiazole rings is 1. The Morgan fingerprint density at radius 3 is 2.50 bits per heavy atom. The molecule has 0 aliphatic heterocycles. The predicted octanol–water partition coefficient (Wildman–Crippen LogP) is 2.75. The van der Waals surface area contributed by atoms with E-state index in [0.29, 0.717) is 5.69 Å². The first kappa shape index (κ1) is 13.5. The molecule has 0 atom stereocenters. The monoisotopic (exact) mass is 268 g/mol. The average Bonchev–Trinajstić information content (AvgIpc) is 2.61. The van der Waals surface area contributed by atoms with Gasteiger partial charge in [0.1, 0.15) is 5.01 Å². The van der Waals surface area contributed by atoms with E-state index in [-0.39, 0.29) is 11.5 Å². The number of carbonyl (C=O) groups excluding carboxylic acids is 1. The van der Waals surface area contributed by atoms with Crippen molar-refractivity contribution in [1.82, 2.24) is 4.98 Å². The average molecular weight is 268 g/mol. The van der Waals surface area contributed by atoms with Crippen molar-refractivity contribution in [2.75, 3.05) is 7.11 Å². The summed E-state index contributed by atoms with van der Waals surface area (Å²) in [5.41, 5.74) is 6.57. The van der Waals surface area contributed by atoms with Gasteiger partial charge in [0.05, 0.1) is 12.6 Å². The second-order valence-electron chi connectivity index (χ2n) is 4.99. The molecule has 1 aromatic rings. The maximum atomic E-state index is 11.6. The first-order valence-electron chi connectivity index (χ1n) is 6.42. The van der Waals surface area contributed by atoms with Crippen LogP contribution in [0.15, 0.2) is 0 Å². The van der Waals surface area contributed by atoms with Gasteiger partial charge in [-0.15, -0.1) is 11.3 Å². The number of aryl methyl sites for hydroxylation is 1. The van der Waals surface area contributed by atoms with Crippen LogP contribution in [-0.2, 0) is 10.3 Å². The molecule has 1 aliphatic carbocycles. The van der Waals surface area contributed by atoms with Gasteiger partial charge in [-0.05, 0) is 19.8 Å². The summed E-state index contributed by atoms with van der Waals surface area (Å²) in [5.74, 6) is -0.368. The Morgan fingerprint density at radius 2 is 1.94 bits per heavy atom. The third-order valence-electron chi connectivity index (χ3n) is 3.60. The molecule has 5 heteroatoms. The zero-order valence-electron chi connectivity index (χ0n) is 11.0. The molecule has 2 rings (SSSR count). The van der Waals surface area contributed by atoms with Crippen molar-refractivity contribution >= 4 is 17.3 Å². The zero-order valence-corrected chi connectivity index (χ0v) is 11.8. The highest BCUT2D eigenvalue weighted by Crippen LogP contribution is 2.36. The fraction of sp³-hybridized carbons (Fsp3) is 0.692. The Bertz CT molecular complexity index is 434. The van der Waals surface area contributed by atoms with E-state index >= 15 is 0 Å². The van der Waals surface area contributed by atoms with E-state index in [9.17, 15) is 4.79 Å². The van der Waals surface area contributed by atoms with Crippen LogP contribution < -0.4 is 5.73 Å². The Kier molecular flexibility index (Phi) is 4.02. The third-order valence-corrected chi connectivity index (χ3v) is 4.79. The number of carbonyl (C=O) groups is 1. The maximum Gasteiger partial charge on any atom is 0.357 e. The molecule has 0 amide bonds.